The zero-order chi connectivity index (χ0) is 36.7. The molecule has 8 aromatic carbocycles. The smallest absolute Gasteiger partial charge is 0.0726 e. The number of fused-ring (bicyclic) bond motifs is 13. The Balaban J connectivity index is 1.10. The van der Waals surface area contributed by atoms with E-state index in [1.54, 1.807) is 0 Å². The molecule has 0 radical (unpaired) electrons. The lowest BCUT2D eigenvalue weighted by Crippen LogP contribution is -2.26. The summed E-state index contributed by atoms with van der Waals surface area (Å²) in [7, 11) is 0. The quantitative estimate of drug-likeness (QED) is 0.167. The molecule has 11 rings (SSSR count). The monoisotopic (exact) mass is 704 g/mol. The largest absolute Gasteiger partial charge is 0.310 e. The van der Waals surface area contributed by atoms with Crippen LogP contribution in [0, 0.1) is 0 Å². The third-order valence-corrected chi connectivity index (χ3v) is 12.3. The molecule has 2 nitrogen and oxygen atoms in total. The van der Waals surface area contributed by atoms with E-state index in [4.69, 9.17) is 0 Å². The van der Waals surface area contributed by atoms with Crippen LogP contribution in [0.4, 0.5) is 17.1 Å². The number of hydrogen-bond donors (Lipinski definition) is 0. The average molecular weight is 705 g/mol. The van der Waals surface area contributed by atoms with Gasteiger partial charge < -0.3 is 9.47 Å². The number of benzene rings is 8. The summed E-state index contributed by atoms with van der Waals surface area (Å²) < 4.78 is 2.44. The number of rotatable bonds is 6. The van der Waals surface area contributed by atoms with Gasteiger partial charge in [0.15, 0.2) is 0 Å². The van der Waals surface area contributed by atoms with Crippen molar-refractivity contribution in [1.29, 1.82) is 0 Å². The Hall–Kier alpha value is -6.64. The van der Waals surface area contributed by atoms with E-state index < -0.39 is 5.41 Å². The summed E-state index contributed by atoms with van der Waals surface area (Å²) in [6, 6.07) is 68.2. The van der Waals surface area contributed by atoms with Gasteiger partial charge in [-0.2, -0.15) is 0 Å². The van der Waals surface area contributed by atoms with E-state index in [1.807, 2.05) is 0 Å². The van der Waals surface area contributed by atoms with Crippen LogP contribution in [0.1, 0.15) is 47.2 Å². The van der Waals surface area contributed by atoms with Gasteiger partial charge in [0, 0.05) is 33.5 Å². The third-order valence-electron chi connectivity index (χ3n) is 12.3. The molecule has 0 unspecified atom stereocenters. The molecule has 0 saturated heterocycles. The van der Waals surface area contributed by atoms with Gasteiger partial charge in [-0.25, -0.2) is 0 Å². The van der Waals surface area contributed by atoms with Crippen molar-refractivity contribution in [2.75, 3.05) is 4.90 Å². The maximum Gasteiger partial charge on any atom is 0.0726 e. The Morgan fingerprint density at radius 3 is 1.38 bits per heavy atom. The molecule has 0 aliphatic heterocycles. The minimum atomic E-state index is -0.396. The van der Waals surface area contributed by atoms with Crippen LogP contribution >= 0.6 is 0 Å². The molecule has 2 aliphatic carbocycles. The molecule has 1 spiro atoms. The van der Waals surface area contributed by atoms with E-state index in [9.17, 15) is 0 Å². The Morgan fingerprint density at radius 1 is 0.400 bits per heavy atom. The number of aromatic nitrogens is 1. The first-order chi connectivity index (χ1) is 27.2. The van der Waals surface area contributed by atoms with Gasteiger partial charge in [-0.3, -0.25) is 0 Å². The standard InChI is InChI=1S/C53H40N2/c1-3-35-22-30-51-45(32-35)46-33-36(4-2)23-31-52(46)55(51)39-26-24-38(25-27-39)54(37-14-6-5-7-15-37)40-28-29-44-43-18-10-13-21-49(43)53(50(44)34-40)47-19-11-8-16-41(47)42-17-9-12-20-48(42)53/h5-34H,3-4H2,1-2H3. The van der Waals surface area contributed by atoms with Crippen molar-refractivity contribution in [2.24, 2.45) is 0 Å². The first-order valence-electron chi connectivity index (χ1n) is 19.6. The van der Waals surface area contributed by atoms with Gasteiger partial charge in [0.25, 0.3) is 0 Å². The van der Waals surface area contributed by atoms with Crippen LogP contribution in [0.2, 0.25) is 0 Å². The second-order valence-electron chi connectivity index (χ2n) is 15.0. The topological polar surface area (TPSA) is 8.17 Å². The summed E-state index contributed by atoms with van der Waals surface area (Å²) in [6.07, 6.45) is 2.05. The summed E-state index contributed by atoms with van der Waals surface area (Å²) in [6.45, 7) is 4.47. The summed E-state index contributed by atoms with van der Waals surface area (Å²) in [5.41, 5.74) is 20.1. The van der Waals surface area contributed by atoms with Crippen LogP contribution in [0.15, 0.2) is 182 Å². The fraction of sp³-hybridized carbons (Fsp3) is 0.0943. The number of nitrogens with zero attached hydrogens (tertiary/aromatic N) is 2. The van der Waals surface area contributed by atoms with Crippen LogP contribution in [-0.4, -0.2) is 4.57 Å². The van der Waals surface area contributed by atoms with Crippen molar-refractivity contribution >= 4 is 38.9 Å². The second kappa shape index (κ2) is 12.2. The highest BCUT2D eigenvalue weighted by Crippen LogP contribution is 2.63. The Kier molecular flexibility index (Phi) is 7.06. The molecule has 9 aromatic rings. The molecule has 55 heavy (non-hydrogen) atoms. The number of aryl methyl sites for hydroxylation is 2. The average Bonchev–Trinajstić information content (AvgIpc) is 3.85. The fourth-order valence-corrected chi connectivity index (χ4v) is 9.83. The molecular weight excluding hydrogens is 665 g/mol. The molecule has 0 amide bonds. The lowest BCUT2D eigenvalue weighted by atomic mass is 9.70. The predicted octanol–water partition coefficient (Wildman–Crippen LogP) is 13.7. The fourth-order valence-electron chi connectivity index (χ4n) is 9.83. The maximum atomic E-state index is 2.47. The highest BCUT2D eigenvalue weighted by Gasteiger charge is 2.51. The van der Waals surface area contributed by atoms with E-state index in [1.165, 1.54) is 77.4 Å². The van der Waals surface area contributed by atoms with Crippen molar-refractivity contribution in [3.05, 3.63) is 215 Å². The minimum Gasteiger partial charge on any atom is -0.310 e. The molecule has 0 saturated carbocycles. The summed E-state index contributed by atoms with van der Waals surface area (Å²) >= 11 is 0. The molecular formula is C53H40N2. The van der Waals surface area contributed by atoms with Crippen molar-refractivity contribution in [3.8, 4) is 27.9 Å². The zero-order valence-corrected chi connectivity index (χ0v) is 31.1. The van der Waals surface area contributed by atoms with Crippen LogP contribution in [0.5, 0.6) is 0 Å². The van der Waals surface area contributed by atoms with E-state index in [0.29, 0.717) is 0 Å². The minimum absolute atomic E-state index is 0.396. The predicted molar refractivity (Wildman–Crippen MR) is 231 cm³/mol. The van der Waals surface area contributed by atoms with Crippen LogP contribution in [-0.2, 0) is 18.3 Å². The van der Waals surface area contributed by atoms with Crippen molar-refractivity contribution in [3.63, 3.8) is 0 Å². The van der Waals surface area contributed by atoms with Gasteiger partial charge in [-0.05, 0) is 141 Å². The van der Waals surface area contributed by atoms with Gasteiger partial charge in [-0.1, -0.05) is 123 Å². The lowest BCUT2D eigenvalue weighted by Gasteiger charge is -2.32. The first-order valence-corrected chi connectivity index (χ1v) is 19.6. The van der Waals surface area contributed by atoms with Gasteiger partial charge in [0.1, 0.15) is 0 Å². The molecule has 2 heteroatoms. The third kappa shape index (κ3) is 4.49. The van der Waals surface area contributed by atoms with Crippen LogP contribution in [0.25, 0.3) is 49.7 Å². The van der Waals surface area contributed by atoms with Crippen molar-refractivity contribution < 1.29 is 0 Å². The molecule has 0 fully saturated rings. The van der Waals surface area contributed by atoms with Gasteiger partial charge >= 0.3 is 0 Å². The van der Waals surface area contributed by atoms with E-state index >= 15 is 0 Å². The number of para-hydroxylation sites is 1. The summed E-state index contributed by atoms with van der Waals surface area (Å²) in [5.74, 6) is 0. The Bertz CT molecular complexity index is 2820. The molecule has 1 heterocycles. The molecule has 2 aliphatic rings. The Labute approximate surface area is 322 Å². The van der Waals surface area contributed by atoms with E-state index in [2.05, 4.69) is 205 Å². The molecule has 1 aromatic heterocycles. The van der Waals surface area contributed by atoms with E-state index in [-0.39, 0.29) is 0 Å². The van der Waals surface area contributed by atoms with Gasteiger partial charge in [0.2, 0.25) is 0 Å². The highest BCUT2D eigenvalue weighted by atomic mass is 15.1. The molecule has 262 valence electrons. The first kappa shape index (κ1) is 31.8. The van der Waals surface area contributed by atoms with Gasteiger partial charge in [0.05, 0.1) is 16.4 Å². The normalized spacial score (nSPS) is 13.2. The zero-order valence-electron chi connectivity index (χ0n) is 31.1. The lowest BCUT2D eigenvalue weighted by molar-refractivity contribution is 0.793. The summed E-state index contributed by atoms with van der Waals surface area (Å²) in [5, 5.41) is 2.64. The molecule has 0 atom stereocenters. The highest BCUT2D eigenvalue weighted by molar-refractivity contribution is 6.10. The van der Waals surface area contributed by atoms with Crippen molar-refractivity contribution in [1.82, 2.24) is 4.57 Å². The number of anilines is 3. The maximum absolute atomic E-state index is 2.47. The summed E-state index contributed by atoms with van der Waals surface area (Å²) in [4.78, 5) is 2.42. The SMILES string of the molecule is CCc1ccc2c(c1)c1cc(CC)ccc1n2-c1ccc(N(c2ccccc2)c2ccc3c(c2)C2(c4ccccc4-c4ccccc42)c2ccccc2-3)cc1. The molecule has 0 bridgehead atoms. The van der Waals surface area contributed by atoms with E-state index in [0.717, 1.165) is 35.6 Å². The van der Waals surface area contributed by atoms with Gasteiger partial charge in [-0.15, -0.1) is 0 Å². The van der Waals surface area contributed by atoms with Crippen LogP contribution in [0.3, 0.4) is 0 Å². The molecule has 0 N–H and O–H groups in total. The van der Waals surface area contributed by atoms with Crippen LogP contribution < -0.4 is 4.90 Å². The Morgan fingerprint density at radius 2 is 0.855 bits per heavy atom. The second-order valence-corrected chi connectivity index (χ2v) is 15.0. The number of hydrogen-bond acceptors (Lipinski definition) is 1. The van der Waals surface area contributed by atoms with Crippen molar-refractivity contribution in [2.45, 2.75) is 32.1 Å².